The first-order valence-electron chi connectivity index (χ1n) is 8.73. The molecular weight excluding hydrogens is 326 g/mol. The van der Waals surface area contributed by atoms with Crippen LogP contribution in [0.25, 0.3) is 10.8 Å². The molecule has 0 heterocycles. The van der Waals surface area contributed by atoms with Crippen LogP contribution in [0, 0.1) is 6.92 Å². The normalized spacial score (nSPS) is 12.1. The fraction of sp³-hybridized carbons (Fsp3) is 0.227. The van der Waals surface area contributed by atoms with Gasteiger partial charge in [0.1, 0.15) is 0 Å². The second-order valence-corrected chi connectivity index (χ2v) is 6.27. The number of benzene rings is 3. The molecule has 1 unspecified atom stereocenters. The van der Waals surface area contributed by atoms with Gasteiger partial charge in [0.05, 0.1) is 19.3 Å². The highest BCUT2D eigenvalue weighted by molar-refractivity contribution is 5.98. The van der Waals surface area contributed by atoms with Gasteiger partial charge in [-0.1, -0.05) is 60.2 Å². The van der Waals surface area contributed by atoms with Gasteiger partial charge in [0.15, 0.2) is 0 Å². The van der Waals surface area contributed by atoms with Crippen LogP contribution in [-0.4, -0.2) is 30.8 Å². The summed E-state index contributed by atoms with van der Waals surface area (Å²) in [5.74, 6) is -0.138. The highest BCUT2D eigenvalue weighted by atomic mass is 16.5. The molecule has 1 amide bonds. The van der Waals surface area contributed by atoms with E-state index in [1.807, 2.05) is 73.7 Å². The van der Waals surface area contributed by atoms with E-state index in [0.29, 0.717) is 12.1 Å². The van der Waals surface area contributed by atoms with Gasteiger partial charge < -0.3 is 15.2 Å². The average molecular weight is 349 g/mol. The van der Waals surface area contributed by atoms with Crippen molar-refractivity contribution in [2.45, 2.75) is 13.0 Å². The van der Waals surface area contributed by atoms with Crippen LogP contribution in [0.2, 0.25) is 0 Å². The molecule has 0 aliphatic carbocycles. The van der Waals surface area contributed by atoms with E-state index in [1.54, 1.807) is 0 Å². The second-order valence-electron chi connectivity index (χ2n) is 6.27. The van der Waals surface area contributed by atoms with E-state index in [4.69, 9.17) is 9.84 Å². The molecule has 0 saturated carbocycles. The molecule has 3 aromatic carbocycles. The van der Waals surface area contributed by atoms with Crippen LogP contribution in [0.5, 0.6) is 0 Å². The van der Waals surface area contributed by atoms with Crippen molar-refractivity contribution in [3.63, 3.8) is 0 Å². The first kappa shape index (κ1) is 18.1. The van der Waals surface area contributed by atoms with Crippen molar-refractivity contribution in [3.05, 3.63) is 83.4 Å². The second kappa shape index (κ2) is 8.61. The lowest BCUT2D eigenvalue weighted by atomic mass is 10.1. The molecule has 26 heavy (non-hydrogen) atoms. The first-order chi connectivity index (χ1) is 12.7. The van der Waals surface area contributed by atoms with Crippen molar-refractivity contribution in [3.8, 4) is 0 Å². The van der Waals surface area contributed by atoms with E-state index in [1.165, 1.54) is 0 Å². The predicted molar refractivity (Wildman–Crippen MR) is 103 cm³/mol. The van der Waals surface area contributed by atoms with Crippen molar-refractivity contribution in [1.82, 2.24) is 5.32 Å². The summed E-state index contributed by atoms with van der Waals surface area (Å²) < 4.78 is 5.71. The number of ether oxygens (including phenoxy) is 1. The molecular formula is C22H23NO3. The van der Waals surface area contributed by atoms with Crippen molar-refractivity contribution in [2.75, 3.05) is 19.8 Å². The quantitative estimate of drug-likeness (QED) is 0.685. The Balaban J connectivity index is 1.70. The summed E-state index contributed by atoms with van der Waals surface area (Å²) in [6.07, 6.45) is -0.299. The van der Waals surface area contributed by atoms with Gasteiger partial charge in [-0.25, -0.2) is 0 Å². The Bertz CT molecular complexity index is 874. The van der Waals surface area contributed by atoms with Gasteiger partial charge in [0.2, 0.25) is 0 Å². The summed E-state index contributed by atoms with van der Waals surface area (Å²) in [5.41, 5.74) is 2.76. The molecule has 0 saturated heterocycles. The van der Waals surface area contributed by atoms with Gasteiger partial charge in [-0.2, -0.15) is 0 Å². The minimum Gasteiger partial charge on any atom is -0.394 e. The lowest BCUT2D eigenvalue weighted by molar-refractivity contribution is 0.0277. The maximum atomic E-state index is 12.5. The molecule has 4 heteroatoms. The number of aliphatic hydroxyl groups excluding tert-OH is 1. The lowest BCUT2D eigenvalue weighted by Gasteiger charge is -2.19. The van der Waals surface area contributed by atoms with Crippen LogP contribution in [0.4, 0.5) is 0 Å². The number of hydrogen-bond donors (Lipinski definition) is 2. The van der Waals surface area contributed by atoms with Crippen molar-refractivity contribution in [1.29, 1.82) is 0 Å². The number of aryl methyl sites for hydroxylation is 1. The Labute approximate surface area is 153 Å². The number of carbonyl (C=O) groups excluding carboxylic acids is 1. The van der Waals surface area contributed by atoms with Gasteiger partial charge in [-0.3, -0.25) is 4.79 Å². The van der Waals surface area contributed by atoms with E-state index in [9.17, 15) is 4.79 Å². The SMILES string of the molecule is Cc1ccc(C(CNC(=O)c2ccc3ccccc3c2)OCCO)cc1. The number of nitrogens with one attached hydrogen (secondary N) is 1. The highest BCUT2D eigenvalue weighted by Gasteiger charge is 2.14. The van der Waals surface area contributed by atoms with Gasteiger partial charge in [-0.05, 0) is 35.4 Å². The monoisotopic (exact) mass is 349 g/mol. The number of aliphatic hydroxyl groups is 1. The largest absolute Gasteiger partial charge is 0.394 e. The van der Waals surface area contributed by atoms with Crippen LogP contribution >= 0.6 is 0 Å². The van der Waals surface area contributed by atoms with Crippen LogP contribution in [0.1, 0.15) is 27.6 Å². The Morgan fingerprint density at radius 1 is 1.04 bits per heavy atom. The Morgan fingerprint density at radius 2 is 1.77 bits per heavy atom. The van der Waals surface area contributed by atoms with Crippen LogP contribution < -0.4 is 5.32 Å². The number of hydrogen-bond acceptors (Lipinski definition) is 3. The fourth-order valence-corrected chi connectivity index (χ4v) is 2.87. The third-order valence-electron chi connectivity index (χ3n) is 4.32. The van der Waals surface area contributed by atoms with Crippen molar-refractivity contribution < 1.29 is 14.6 Å². The Kier molecular flexibility index (Phi) is 6.00. The van der Waals surface area contributed by atoms with Crippen LogP contribution in [0.3, 0.4) is 0 Å². The molecule has 0 aromatic heterocycles. The van der Waals surface area contributed by atoms with Crippen molar-refractivity contribution in [2.24, 2.45) is 0 Å². The minimum atomic E-state index is -0.299. The van der Waals surface area contributed by atoms with Gasteiger partial charge in [-0.15, -0.1) is 0 Å². The smallest absolute Gasteiger partial charge is 0.251 e. The zero-order valence-electron chi connectivity index (χ0n) is 14.8. The van der Waals surface area contributed by atoms with E-state index < -0.39 is 0 Å². The fourth-order valence-electron chi connectivity index (χ4n) is 2.87. The molecule has 1 atom stereocenters. The lowest BCUT2D eigenvalue weighted by Crippen LogP contribution is -2.30. The summed E-state index contributed by atoms with van der Waals surface area (Å²) in [5, 5.41) is 14.1. The summed E-state index contributed by atoms with van der Waals surface area (Å²) in [4.78, 5) is 12.5. The maximum Gasteiger partial charge on any atom is 0.251 e. The molecule has 0 aliphatic heterocycles. The first-order valence-corrected chi connectivity index (χ1v) is 8.73. The number of rotatable bonds is 7. The molecule has 134 valence electrons. The zero-order valence-corrected chi connectivity index (χ0v) is 14.8. The molecule has 2 N–H and O–H groups in total. The molecule has 4 nitrogen and oxygen atoms in total. The number of fused-ring (bicyclic) bond motifs is 1. The van der Waals surface area contributed by atoms with Gasteiger partial charge in [0.25, 0.3) is 5.91 Å². The van der Waals surface area contributed by atoms with Gasteiger partial charge >= 0.3 is 0 Å². The average Bonchev–Trinajstić information content (AvgIpc) is 2.68. The molecule has 3 aromatic rings. The van der Waals surface area contributed by atoms with Gasteiger partial charge in [0, 0.05) is 12.1 Å². The van der Waals surface area contributed by atoms with Crippen molar-refractivity contribution >= 4 is 16.7 Å². The summed E-state index contributed by atoms with van der Waals surface area (Å²) in [6.45, 7) is 2.54. The third-order valence-corrected chi connectivity index (χ3v) is 4.32. The molecule has 0 spiro atoms. The molecule has 0 bridgehead atoms. The van der Waals surface area contributed by atoms with Crippen LogP contribution in [-0.2, 0) is 4.74 Å². The third kappa shape index (κ3) is 4.48. The zero-order chi connectivity index (χ0) is 18.4. The molecule has 0 radical (unpaired) electrons. The van der Waals surface area contributed by atoms with E-state index in [0.717, 1.165) is 21.9 Å². The molecule has 0 fully saturated rings. The predicted octanol–water partition coefficient (Wildman–Crippen LogP) is 3.63. The summed E-state index contributed by atoms with van der Waals surface area (Å²) >= 11 is 0. The standard InChI is InChI=1S/C22H23NO3/c1-16-6-8-18(9-7-16)21(26-13-12-24)15-23-22(25)20-11-10-17-4-2-3-5-19(17)14-20/h2-11,14,21,24H,12-13,15H2,1H3,(H,23,25). The maximum absolute atomic E-state index is 12.5. The molecule has 0 aliphatic rings. The van der Waals surface area contributed by atoms with Crippen LogP contribution in [0.15, 0.2) is 66.7 Å². The minimum absolute atomic E-state index is 0.0546. The van der Waals surface area contributed by atoms with E-state index >= 15 is 0 Å². The van der Waals surface area contributed by atoms with E-state index in [-0.39, 0.29) is 25.2 Å². The highest BCUT2D eigenvalue weighted by Crippen LogP contribution is 2.19. The number of carbonyl (C=O) groups is 1. The summed E-state index contributed by atoms with van der Waals surface area (Å²) in [7, 11) is 0. The number of amides is 1. The van der Waals surface area contributed by atoms with E-state index in [2.05, 4.69) is 5.32 Å². The summed E-state index contributed by atoms with van der Waals surface area (Å²) in [6, 6.07) is 21.6. The Hall–Kier alpha value is -2.69. The topological polar surface area (TPSA) is 58.6 Å². The molecule has 3 rings (SSSR count). The Morgan fingerprint density at radius 3 is 2.50 bits per heavy atom.